The molecule has 1 saturated heterocycles. The zero-order chi connectivity index (χ0) is 17.5. The van der Waals surface area contributed by atoms with E-state index in [0.717, 1.165) is 36.5 Å². The maximum absolute atomic E-state index is 12.6. The van der Waals surface area contributed by atoms with E-state index in [1.807, 2.05) is 18.7 Å². The Morgan fingerprint density at radius 2 is 2.17 bits per heavy atom. The van der Waals surface area contributed by atoms with E-state index in [1.165, 1.54) is 6.33 Å². The molecule has 0 aliphatic carbocycles. The molecule has 0 spiro atoms. The second-order valence-corrected chi connectivity index (χ2v) is 7.43. The minimum absolute atomic E-state index is 0.0268. The number of hydrogen-bond acceptors (Lipinski definition) is 5. The molecule has 0 aromatic carbocycles. The molecule has 1 unspecified atom stereocenters. The molecule has 2 N–H and O–H groups in total. The van der Waals surface area contributed by atoms with Crippen molar-refractivity contribution in [2.45, 2.75) is 53.0 Å². The number of amides is 1. The summed E-state index contributed by atoms with van der Waals surface area (Å²) in [5, 5.41) is 4.20. The predicted octanol–water partition coefficient (Wildman–Crippen LogP) is 1.26. The Kier molecular flexibility index (Phi) is 4.29. The molecule has 130 valence electrons. The molecule has 24 heavy (non-hydrogen) atoms. The Balaban J connectivity index is 1.71. The molecule has 1 aliphatic rings. The van der Waals surface area contributed by atoms with E-state index >= 15 is 0 Å². The minimum atomic E-state index is -0.0268. The van der Waals surface area contributed by atoms with Gasteiger partial charge in [-0.1, -0.05) is 13.8 Å². The van der Waals surface area contributed by atoms with Gasteiger partial charge in [0.05, 0.1) is 0 Å². The molecule has 7 heteroatoms. The molecule has 1 amide bonds. The third-order valence-corrected chi connectivity index (χ3v) is 5.24. The summed E-state index contributed by atoms with van der Waals surface area (Å²) in [5.41, 5.74) is 9.13. The Labute approximate surface area is 142 Å². The van der Waals surface area contributed by atoms with Crippen LogP contribution in [0.5, 0.6) is 0 Å². The van der Waals surface area contributed by atoms with Crippen LogP contribution < -0.4 is 5.73 Å². The van der Waals surface area contributed by atoms with Crippen molar-refractivity contribution >= 4 is 11.7 Å². The van der Waals surface area contributed by atoms with Crippen LogP contribution in [-0.2, 0) is 11.2 Å². The summed E-state index contributed by atoms with van der Waals surface area (Å²) in [6, 6.07) is 0.157. The van der Waals surface area contributed by atoms with Gasteiger partial charge in [0.25, 0.3) is 5.78 Å². The number of carbonyl (C=O) groups is 1. The Morgan fingerprint density at radius 3 is 2.88 bits per heavy atom. The maximum atomic E-state index is 12.6. The van der Waals surface area contributed by atoms with Gasteiger partial charge < -0.3 is 10.6 Å². The number of rotatable bonds is 3. The molecule has 0 bridgehead atoms. The summed E-state index contributed by atoms with van der Waals surface area (Å²) < 4.78 is 1.73. The highest BCUT2D eigenvalue weighted by molar-refractivity contribution is 5.76. The van der Waals surface area contributed by atoms with Gasteiger partial charge in [0.1, 0.15) is 6.33 Å². The van der Waals surface area contributed by atoms with E-state index in [-0.39, 0.29) is 17.4 Å². The predicted molar refractivity (Wildman–Crippen MR) is 91.5 cm³/mol. The number of piperidine rings is 1. The van der Waals surface area contributed by atoms with Crippen molar-refractivity contribution in [2.24, 2.45) is 11.1 Å². The quantitative estimate of drug-likeness (QED) is 0.915. The number of nitrogens with two attached hydrogens (primary N) is 1. The average Bonchev–Trinajstić information content (AvgIpc) is 2.97. The van der Waals surface area contributed by atoms with Crippen LogP contribution in [-0.4, -0.2) is 49.5 Å². The molecule has 7 nitrogen and oxygen atoms in total. The molecule has 1 atom stereocenters. The molecule has 0 radical (unpaired) electrons. The van der Waals surface area contributed by atoms with Gasteiger partial charge in [-0.3, -0.25) is 4.79 Å². The Morgan fingerprint density at radius 1 is 1.42 bits per heavy atom. The number of nitrogens with zero attached hydrogens (tertiary/aromatic N) is 5. The van der Waals surface area contributed by atoms with Gasteiger partial charge in [0.2, 0.25) is 5.91 Å². The van der Waals surface area contributed by atoms with Crippen LogP contribution in [0.25, 0.3) is 5.78 Å². The SMILES string of the molecule is Cc1nc2ncnn2c(C)c1CCC(=O)N1CCC(N)C(C)(C)C1. The molecule has 2 aromatic rings. The number of aromatic nitrogens is 4. The van der Waals surface area contributed by atoms with Gasteiger partial charge in [0.15, 0.2) is 0 Å². The van der Waals surface area contributed by atoms with Gasteiger partial charge in [0, 0.05) is 36.9 Å². The van der Waals surface area contributed by atoms with E-state index < -0.39 is 0 Å². The van der Waals surface area contributed by atoms with E-state index in [2.05, 4.69) is 28.9 Å². The molecule has 1 aliphatic heterocycles. The second kappa shape index (κ2) is 6.12. The first kappa shape index (κ1) is 16.8. The van der Waals surface area contributed by atoms with Crippen molar-refractivity contribution in [3.63, 3.8) is 0 Å². The highest BCUT2D eigenvalue weighted by atomic mass is 16.2. The van der Waals surface area contributed by atoms with Gasteiger partial charge in [-0.05, 0) is 37.7 Å². The summed E-state index contributed by atoms with van der Waals surface area (Å²) in [7, 11) is 0. The molecule has 0 saturated carbocycles. The maximum Gasteiger partial charge on any atom is 0.252 e. The lowest BCUT2D eigenvalue weighted by Gasteiger charge is -2.42. The fraction of sp³-hybridized carbons (Fsp3) is 0.647. The summed E-state index contributed by atoms with van der Waals surface area (Å²) in [6.07, 6.45) is 3.52. The highest BCUT2D eigenvalue weighted by Crippen LogP contribution is 2.28. The third-order valence-electron chi connectivity index (χ3n) is 5.24. The van der Waals surface area contributed by atoms with Crippen LogP contribution in [0, 0.1) is 19.3 Å². The molecule has 3 heterocycles. The third kappa shape index (κ3) is 3.00. The summed E-state index contributed by atoms with van der Waals surface area (Å²) in [5.74, 6) is 0.791. The lowest BCUT2D eigenvalue weighted by molar-refractivity contribution is -0.134. The lowest BCUT2D eigenvalue weighted by atomic mass is 9.79. The second-order valence-electron chi connectivity index (χ2n) is 7.43. The number of fused-ring (bicyclic) bond motifs is 1. The minimum Gasteiger partial charge on any atom is -0.342 e. The van der Waals surface area contributed by atoms with Gasteiger partial charge in [-0.15, -0.1) is 0 Å². The van der Waals surface area contributed by atoms with E-state index in [1.54, 1.807) is 4.52 Å². The first-order valence-corrected chi connectivity index (χ1v) is 8.49. The molecule has 1 fully saturated rings. The van der Waals surface area contributed by atoms with Crippen molar-refractivity contribution in [1.29, 1.82) is 0 Å². The molecular weight excluding hydrogens is 304 g/mol. The van der Waals surface area contributed by atoms with E-state index in [0.29, 0.717) is 18.6 Å². The molecule has 3 rings (SSSR count). The van der Waals surface area contributed by atoms with Crippen LogP contribution in [0.1, 0.15) is 43.6 Å². The van der Waals surface area contributed by atoms with Crippen LogP contribution in [0.3, 0.4) is 0 Å². The Bertz CT molecular complexity index is 766. The molecular formula is C17H26N6O. The fourth-order valence-electron chi connectivity index (χ4n) is 3.49. The zero-order valence-electron chi connectivity index (χ0n) is 14.9. The normalized spacial score (nSPS) is 20.5. The summed E-state index contributed by atoms with van der Waals surface area (Å²) in [4.78, 5) is 23.2. The van der Waals surface area contributed by atoms with Gasteiger partial charge in [-0.2, -0.15) is 10.1 Å². The number of likely N-dealkylation sites (tertiary alicyclic amines) is 1. The van der Waals surface area contributed by atoms with Crippen molar-refractivity contribution in [1.82, 2.24) is 24.5 Å². The van der Waals surface area contributed by atoms with E-state index in [4.69, 9.17) is 5.73 Å². The van der Waals surface area contributed by atoms with E-state index in [9.17, 15) is 4.79 Å². The highest BCUT2D eigenvalue weighted by Gasteiger charge is 2.35. The first-order chi connectivity index (χ1) is 11.3. The zero-order valence-corrected chi connectivity index (χ0v) is 14.9. The topological polar surface area (TPSA) is 89.4 Å². The molecule has 2 aromatic heterocycles. The first-order valence-electron chi connectivity index (χ1n) is 8.49. The smallest absolute Gasteiger partial charge is 0.252 e. The van der Waals surface area contributed by atoms with Crippen LogP contribution >= 0.6 is 0 Å². The van der Waals surface area contributed by atoms with Gasteiger partial charge in [-0.25, -0.2) is 9.50 Å². The van der Waals surface area contributed by atoms with Crippen LogP contribution in [0.4, 0.5) is 0 Å². The number of hydrogen-bond donors (Lipinski definition) is 1. The van der Waals surface area contributed by atoms with Crippen molar-refractivity contribution in [3.8, 4) is 0 Å². The summed E-state index contributed by atoms with van der Waals surface area (Å²) in [6.45, 7) is 9.71. The average molecular weight is 330 g/mol. The van der Waals surface area contributed by atoms with Crippen molar-refractivity contribution < 1.29 is 4.79 Å². The van der Waals surface area contributed by atoms with Crippen LogP contribution in [0.15, 0.2) is 6.33 Å². The van der Waals surface area contributed by atoms with Crippen molar-refractivity contribution in [2.75, 3.05) is 13.1 Å². The monoisotopic (exact) mass is 330 g/mol. The standard InChI is InChI=1S/C17H26N6O/c1-11-13(12(2)23-16(21-11)19-10-20-23)5-6-15(24)22-8-7-14(18)17(3,4)9-22/h10,14H,5-9,18H2,1-4H3. The Hall–Kier alpha value is -2.02. The fourth-order valence-corrected chi connectivity index (χ4v) is 3.49. The van der Waals surface area contributed by atoms with Crippen LogP contribution in [0.2, 0.25) is 0 Å². The number of aryl methyl sites for hydroxylation is 2. The van der Waals surface area contributed by atoms with Crippen molar-refractivity contribution in [3.05, 3.63) is 23.3 Å². The largest absolute Gasteiger partial charge is 0.342 e. The number of carbonyl (C=O) groups excluding carboxylic acids is 1. The lowest BCUT2D eigenvalue weighted by Crippen LogP contribution is -2.54. The summed E-state index contributed by atoms with van der Waals surface area (Å²) >= 11 is 0. The van der Waals surface area contributed by atoms with Gasteiger partial charge >= 0.3 is 0 Å².